The molecule has 0 amide bonds. The highest BCUT2D eigenvalue weighted by molar-refractivity contribution is 5.72. The van der Waals surface area contributed by atoms with Crippen molar-refractivity contribution >= 4 is 5.97 Å². The lowest BCUT2D eigenvalue weighted by Gasteiger charge is -2.04. The Balaban J connectivity index is 2.60. The van der Waals surface area contributed by atoms with E-state index < -0.39 is 0 Å². The quantitative estimate of drug-likeness (QED) is 0.714. The van der Waals surface area contributed by atoms with Crippen molar-refractivity contribution in [3.63, 3.8) is 0 Å². The lowest BCUT2D eigenvalue weighted by Crippen LogP contribution is -2.09. The number of esters is 1. The van der Waals surface area contributed by atoms with Crippen LogP contribution in [0.4, 0.5) is 4.39 Å². The Bertz CT molecular complexity index is 347. The predicted molar refractivity (Wildman–Crippen MR) is 56.1 cm³/mol. The summed E-state index contributed by atoms with van der Waals surface area (Å²) >= 11 is 0. The lowest BCUT2D eigenvalue weighted by molar-refractivity contribution is -0.142. The zero-order chi connectivity index (χ0) is 11.3. The Kier molecular flexibility index (Phi) is 4.28. The molecule has 0 heterocycles. The average Bonchev–Trinajstić information content (AvgIpc) is 2.19. The molecule has 0 atom stereocenters. The summed E-state index contributed by atoms with van der Waals surface area (Å²) in [6.45, 7) is 4.12. The van der Waals surface area contributed by atoms with E-state index in [1.54, 1.807) is 12.1 Å². The maximum Gasteiger partial charge on any atom is 0.310 e. The van der Waals surface area contributed by atoms with Gasteiger partial charge < -0.3 is 4.74 Å². The summed E-state index contributed by atoms with van der Waals surface area (Å²) < 4.78 is 18.2. The smallest absolute Gasteiger partial charge is 0.310 e. The van der Waals surface area contributed by atoms with Crippen LogP contribution in [0.15, 0.2) is 18.2 Å². The highest BCUT2D eigenvalue weighted by atomic mass is 19.1. The molecule has 1 aromatic carbocycles. The number of carbonyl (C=O) groups excluding carboxylic acids is 1. The Hall–Kier alpha value is -1.38. The topological polar surface area (TPSA) is 26.3 Å². The van der Waals surface area contributed by atoms with Gasteiger partial charge in [0.2, 0.25) is 0 Å². The van der Waals surface area contributed by atoms with Crippen LogP contribution in [0.3, 0.4) is 0 Å². The van der Waals surface area contributed by atoms with Crippen LogP contribution in [0, 0.1) is 12.7 Å². The maximum absolute atomic E-state index is 13.3. The van der Waals surface area contributed by atoms with E-state index >= 15 is 0 Å². The molecule has 0 aliphatic heterocycles. The summed E-state index contributed by atoms with van der Waals surface area (Å²) in [6, 6.07) is 4.83. The second-order valence-corrected chi connectivity index (χ2v) is 3.49. The van der Waals surface area contributed by atoms with E-state index in [0.29, 0.717) is 12.2 Å². The van der Waals surface area contributed by atoms with Gasteiger partial charge in [0.1, 0.15) is 5.82 Å². The molecule has 0 aliphatic carbocycles. The Labute approximate surface area is 89.1 Å². The Morgan fingerprint density at radius 3 is 2.80 bits per heavy atom. The van der Waals surface area contributed by atoms with Gasteiger partial charge in [0.15, 0.2) is 0 Å². The number of aryl methyl sites for hydroxylation is 1. The SMILES string of the molecule is CCCOC(=O)Cc1ccc(C)cc1F. The van der Waals surface area contributed by atoms with Gasteiger partial charge in [-0.25, -0.2) is 4.39 Å². The van der Waals surface area contributed by atoms with Gasteiger partial charge in [0.25, 0.3) is 0 Å². The molecule has 0 saturated carbocycles. The molecular formula is C12H15FO2. The summed E-state index contributed by atoms with van der Waals surface area (Å²) in [6.07, 6.45) is 0.786. The number of rotatable bonds is 4. The van der Waals surface area contributed by atoms with Crippen LogP contribution in [-0.4, -0.2) is 12.6 Å². The Morgan fingerprint density at radius 2 is 2.20 bits per heavy atom. The molecule has 0 N–H and O–H groups in total. The van der Waals surface area contributed by atoms with E-state index in [4.69, 9.17) is 4.74 Å². The first kappa shape index (κ1) is 11.7. The summed E-state index contributed by atoms with van der Waals surface area (Å²) in [5, 5.41) is 0. The normalized spacial score (nSPS) is 10.1. The third-order valence-electron chi connectivity index (χ3n) is 2.01. The number of benzene rings is 1. The molecule has 0 aromatic heterocycles. The second kappa shape index (κ2) is 5.49. The predicted octanol–water partition coefficient (Wildman–Crippen LogP) is 2.63. The van der Waals surface area contributed by atoms with E-state index in [2.05, 4.69) is 0 Å². The van der Waals surface area contributed by atoms with Gasteiger partial charge in [-0.05, 0) is 30.5 Å². The number of ether oxygens (including phenoxy) is 1. The third kappa shape index (κ3) is 3.70. The standard InChI is InChI=1S/C12H15FO2/c1-3-6-15-12(14)8-10-5-4-9(2)7-11(10)13/h4-5,7H,3,6,8H2,1-2H3. The molecule has 0 aliphatic rings. The average molecular weight is 210 g/mol. The van der Waals surface area contributed by atoms with Crippen LogP contribution in [0.5, 0.6) is 0 Å². The first-order chi connectivity index (χ1) is 7.13. The number of carbonyl (C=O) groups is 1. The van der Waals surface area contributed by atoms with E-state index in [1.807, 2.05) is 13.8 Å². The van der Waals surface area contributed by atoms with Gasteiger partial charge >= 0.3 is 5.97 Å². The molecule has 15 heavy (non-hydrogen) atoms. The molecule has 1 rings (SSSR count). The summed E-state index contributed by atoms with van der Waals surface area (Å²) in [5.74, 6) is -0.719. The second-order valence-electron chi connectivity index (χ2n) is 3.49. The van der Waals surface area contributed by atoms with Crippen LogP contribution >= 0.6 is 0 Å². The highest BCUT2D eigenvalue weighted by Gasteiger charge is 2.08. The maximum atomic E-state index is 13.3. The zero-order valence-electron chi connectivity index (χ0n) is 9.05. The van der Waals surface area contributed by atoms with Crippen LogP contribution in [0.25, 0.3) is 0 Å². The minimum atomic E-state index is -0.375. The van der Waals surface area contributed by atoms with Crippen molar-refractivity contribution in [1.82, 2.24) is 0 Å². The molecule has 82 valence electrons. The van der Waals surface area contributed by atoms with Crippen molar-refractivity contribution in [1.29, 1.82) is 0 Å². The van der Waals surface area contributed by atoms with Gasteiger partial charge in [-0.2, -0.15) is 0 Å². The van der Waals surface area contributed by atoms with Crippen molar-refractivity contribution in [3.8, 4) is 0 Å². The van der Waals surface area contributed by atoms with Gasteiger partial charge in [-0.15, -0.1) is 0 Å². The molecule has 0 radical (unpaired) electrons. The summed E-state index contributed by atoms with van der Waals surface area (Å²) in [7, 11) is 0. The van der Waals surface area contributed by atoms with Crippen molar-refractivity contribution in [2.75, 3.05) is 6.61 Å². The van der Waals surface area contributed by atoms with Gasteiger partial charge in [0, 0.05) is 0 Å². The van der Waals surface area contributed by atoms with Crippen molar-refractivity contribution in [2.24, 2.45) is 0 Å². The number of halogens is 1. The first-order valence-corrected chi connectivity index (χ1v) is 5.04. The minimum Gasteiger partial charge on any atom is -0.465 e. The number of hydrogen-bond donors (Lipinski definition) is 0. The largest absolute Gasteiger partial charge is 0.465 e. The van der Waals surface area contributed by atoms with Gasteiger partial charge in [0.05, 0.1) is 13.0 Å². The minimum absolute atomic E-state index is 0.00606. The fourth-order valence-electron chi connectivity index (χ4n) is 1.22. The molecule has 0 bridgehead atoms. The van der Waals surface area contributed by atoms with E-state index in [1.165, 1.54) is 6.07 Å². The van der Waals surface area contributed by atoms with Crippen LogP contribution < -0.4 is 0 Å². The monoisotopic (exact) mass is 210 g/mol. The van der Waals surface area contributed by atoms with Crippen LogP contribution in [-0.2, 0) is 16.0 Å². The molecule has 0 saturated heterocycles. The van der Waals surface area contributed by atoms with Crippen molar-refractivity contribution in [3.05, 3.63) is 35.1 Å². The fourth-order valence-corrected chi connectivity index (χ4v) is 1.22. The van der Waals surface area contributed by atoms with Crippen LogP contribution in [0.2, 0.25) is 0 Å². The van der Waals surface area contributed by atoms with Crippen molar-refractivity contribution in [2.45, 2.75) is 26.7 Å². The number of hydrogen-bond acceptors (Lipinski definition) is 2. The highest BCUT2D eigenvalue weighted by Crippen LogP contribution is 2.10. The van der Waals surface area contributed by atoms with E-state index in [-0.39, 0.29) is 18.2 Å². The van der Waals surface area contributed by atoms with Gasteiger partial charge in [-0.1, -0.05) is 19.1 Å². The molecule has 0 unspecified atom stereocenters. The van der Waals surface area contributed by atoms with E-state index in [9.17, 15) is 9.18 Å². The molecule has 0 spiro atoms. The van der Waals surface area contributed by atoms with Gasteiger partial charge in [-0.3, -0.25) is 4.79 Å². The molecule has 1 aromatic rings. The molecular weight excluding hydrogens is 195 g/mol. The van der Waals surface area contributed by atoms with Crippen molar-refractivity contribution < 1.29 is 13.9 Å². The first-order valence-electron chi connectivity index (χ1n) is 5.04. The lowest BCUT2D eigenvalue weighted by atomic mass is 10.1. The summed E-state index contributed by atoms with van der Waals surface area (Å²) in [5.41, 5.74) is 1.24. The zero-order valence-corrected chi connectivity index (χ0v) is 9.05. The third-order valence-corrected chi connectivity index (χ3v) is 2.01. The molecule has 0 fully saturated rings. The Morgan fingerprint density at radius 1 is 1.47 bits per heavy atom. The van der Waals surface area contributed by atoms with Crippen LogP contribution in [0.1, 0.15) is 24.5 Å². The molecule has 3 heteroatoms. The molecule has 2 nitrogen and oxygen atoms in total. The fraction of sp³-hybridized carbons (Fsp3) is 0.417. The summed E-state index contributed by atoms with van der Waals surface area (Å²) in [4.78, 5) is 11.2. The van der Waals surface area contributed by atoms with E-state index in [0.717, 1.165) is 12.0 Å².